The molecule has 1 atom stereocenters. The fourth-order valence-corrected chi connectivity index (χ4v) is 4.55. The summed E-state index contributed by atoms with van der Waals surface area (Å²) in [4.78, 5) is 28.5. The lowest BCUT2D eigenvalue weighted by Crippen LogP contribution is -2.42. The second-order valence-corrected chi connectivity index (χ2v) is 9.12. The molecule has 0 fully saturated rings. The average molecular weight is 480 g/mol. The molecular weight excluding hydrogens is 450 g/mol. The van der Waals surface area contributed by atoms with Crippen LogP contribution in [0.1, 0.15) is 29.0 Å². The van der Waals surface area contributed by atoms with Gasteiger partial charge in [-0.05, 0) is 42.6 Å². The lowest BCUT2D eigenvalue weighted by Gasteiger charge is -2.23. The molecule has 1 unspecified atom stereocenters. The highest BCUT2D eigenvalue weighted by atomic mass is 32.1. The SMILES string of the molecule is CCN(CC(=O)Nc1ccc2c(c1)OCCO2)CC(=O)NC(c1ccc(C)cc1)c1cccs1. The first-order chi connectivity index (χ1) is 16.5. The van der Waals surface area contributed by atoms with Gasteiger partial charge < -0.3 is 20.1 Å². The first kappa shape index (κ1) is 23.8. The minimum atomic E-state index is -0.224. The van der Waals surface area contributed by atoms with Gasteiger partial charge in [0.05, 0.1) is 19.1 Å². The first-order valence-electron chi connectivity index (χ1n) is 11.3. The quantitative estimate of drug-likeness (QED) is 0.485. The van der Waals surface area contributed by atoms with Gasteiger partial charge >= 0.3 is 0 Å². The fourth-order valence-electron chi connectivity index (χ4n) is 3.75. The number of rotatable bonds is 9. The van der Waals surface area contributed by atoms with E-state index in [1.165, 1.54) is 5.56 Å². The topological polar surface area (TPSA) is 79.9 Å². The van der Waals surface area contributed by atoms with Crippen molar-refractivity contribution in [3.63, 3.8) is 0 Å². The van der Waals surface area contributed by atoms with Gasteiger partial charge in [0.25, 0.3) is 0 Å². The standard InChI is InChI=1S/C26H29N3O4S/c1-3-29(16-24(30)27-20-10-11-21-22(15-20)33-13-12-32-21)17-25(31)28-26(23-5-4-14-34-23)19-8-6-18(2)7-9-19/h4-11,14-15,26H,3,12-13,16-17H2,1-2H3,(H,27,30)(H,28,31). The Labute approximate surface area is 203 Å². The van der Waals surface area contributed by atoms with Gasteiger partial charge in [0, 0.05) is 16.6 Å². The Morgan fingerprint density at radius 2 is 1.74 bits per heavy atom. The molecule has 2 heterocycles. The number of thiophene rings is 1. The molecule has 2 N–H and O–H groups in total. The number of carbonyl (C=O) groups excluding carboxylic acids is 2. The normalized spacial score (nSPS) is 13.4. The molecule has 1 aliphatic rings. The molecule has 34 heavy (non-hydrogen) atoms. The second kappa shape index (κ2) is 11.2. The predicted molar refractivity (Wildman–Crippen MR) is 134 cm³/mol. The van der Waals surface area contributed by atoms with E-state index in [0.29, 0.717) is 36.9 Å². The average Bonchev–Trinajstić information content (AvgIpc) is 3.37. The molecule has 0 bridgehead atoms. The maximum atomic E-state index is 12.9. The summed E-state index contributed by atoms with van der Waals surface area (Å²) in [5, 5.41) is 8.03. The molecule has 0 saturated carbocycles. The molecule has 8 heteroatoms. The van der Waals surface area contributed by atoms with Crippen molar-refractivity contribution in [2.45, 2.75) is 19.9 Å². The lowest BCUT2D eigenvalue weighted by atomic mass is 10.0. The molecule has 2 aromatic carbocycles. The molecule has 0 spiro atoms. The van der Waals surface area contributed by atoms with Crippen molar-refractivity contribution in [2.75, 3.05) is 38.2 Å². The van der Waals surface area contributed by atoms with E-state index < -0.39 is 0 Å². The van der Waals surface area contributed by atoms with Crippen molar-refractivity contribution in [3.05, 3.63) is 76.0 Å². The Bertz CT molecular complexity index is 1120. The van der Waals surface area contributed by atoms with Crippen LogP contribution in [0.2, 0.25) is 0 Å². The number of anilines is 1. The van der Waals surface area contributed by atoms with Crippen molar-refractivity contribution in [2.24, 2.45) is 0 Å². The number of nitrogens with one attached hydrogen (secondary N) is 2. The number of hydrogen-bond donors (Lipinski definition) is 2. The number of likely N-dealkylation sites (N-methyl/N-ethyl adjacent to an activating group) is 1. The molecule has 178 valence electrons. The summed E-state index contributed by atoms with van der Waals surface area (Å²) >= 11 is 1.61. The van der Waals surface area contributed by atoms with Gasteiger partial charge in [-0.3, -0.25) is 14.5 Å². The molecule has 1 aliphatic heterocycles. The van der Waals surface area contributed by atoms with Crippen LogP contribution < -0.4 is 20.1 Å². The van der Waals surface area contributed by atoms with Crippen LogP contribution in [0.5, 0.6) is 11.5 Å². The summed E-state index contributed by atoms with van der Waals surface area (Å²) in [6, 6.07) is 17.3. The molecule has 3 aromatic rings. The van der Waals surface area contributed by atoms with Crippen LogP contribution in [0.15, 0.2) is 60.0 Å². The van der Waals surface area contributed by atoms with Gasteiger partial charge in [-0.2, -0.15) is 0 Å². The monoisotopic (exact) mass is 479 g/mol. The Morgan fingerprint density at radius 3 is 2.44 bits per heavy atom. The highest BCUT2D eigenvalue weighted by Crippen LogP contribution is 2.32. The third kappa shape index (κ3) is 6.15. The maximum absolute atomic E-state index is 12.9. The number of amides is 2. The van der Waals surface area contributed by atoms with Crippen LogP contribution in [0.3, 0.4) is 0 Å². The predicted octanol–water partition coefficient (Wildman–Crippen LogP) is 3.99. The number of hydrogen-bond acceptors (Lipinski definition) is 6. The van der Waals surface area contributed by atoms with E-state index in [4.69, 9.17) is 9.47 Å². The summed E-state index contributed by atoms with van der Waals surface area (Å²) in [6.45, 7) is 5.77. The van der Waals surface area contributed by atoms with E-state index in [-0.39, 0.29) is 30.9 Å². The highest BCUT2D eigenvalue weighted by molar-refractivity contribution is 7.10. The zero-order valence-electron chi connectivity index (χ0n) is 19.4. The van der Waals surface area contributed by atoms with E-state index in [2.05, 4.69) is 10.6 Å². The summed E-state index contributed by atoms with van der Waals surface area (Å²) in [6.07, 6.45) is 0. The van der Waals surface area contributed by atoms with Crippen LogP contribution in [-0.2, 0) is 9.59 Å². The lowest BCUT2D eigenvalue weighted by molar-refractivity contribution is -0.123. The van der Waals surface area contributed by atoms with Gasteiger partial charge in [0.2, 0.25) is 11.8 Å². The van der Waals surface area contributed by atoms with Gasteiger partial charge in [-0.15, -0.1) is 11.3 Å². The molecule has 4 rings (SSSR count). The second-order valence-electron chi connectivity index (χ2n) is 8.14. The van der Waals surface area contributed by atoms with Crippen LogP contribution in [-0.4, -0.2) is 49.6 Å². The van der Waals surface area contributed by atoms with E-state index in [9.17, 15) is 9.59 Å². The number of carbonyl (C=O) groups is 2. The molecule has 2 amide bonds. The first-order valence-corrected chi connectivity index (χ1v) is 12.2. The molecule has 7 nitrogen and oxygen atoms in total. The number of fused-ring (bicyclic) bond motifs is 1. The molecule has 0 saturated heterocycles. The summed E-state index contributed by atoms with van der Waals surface area (Å²) in [7, 11) is 0. The third-order valence-corrected chi connectivity index (χ3v) is 6.49. The molecule has 1 aromatic heterocycles. The largest absolute Gasteiger partial charge is 0.486 e. The van der Waals surface area contributed by atoms with Crippen LogP contribution in [0.25, 0.3) is 0 Å². The number of ether oxygens (including phenoxy) is 2. The third-order valence-electron chi connectivity index (χ3n) is 5.55. The Morgan fingerprint density at radius 1 is 1.00 bits per heavy atom. The molecule has 0 radical (unpaired) electrons. The summed E-state index contributed by atoms with van der Waals surface area (Å²) in [5.74, 6) is 0.962. The Kier molecular flexibility index (Phi) is 7.82. The van der Waals surface area contributed by atoms with Crippen LogP contribution in [0, 0.1) is 6.92 Å². The van der Waals surface area contributed by atoms with Crippen molar-refractivity contribution in [1.29, 1.82) is 0 Å². The van der Waals surface area contributed by atoms with E-state index in [0.717, 1.165) is 10.4 Å². The zero-order valence-corrected chi connectivity index (χ0v) is 20.2. The maximum Gasteiger partial charge on any atom is 0.238 e. The molecule has 0 aliphatic carbocycles. The van der Waals surface area contributed by atoms with Gasteiger partial charge in [0.15, 0.2) is 11.5 Å². The Balaban J connectivity index is 1.36. The minimum absolute atomic E-state index is 0.104. The van der Waals surface area contributed by atoms with Gasteiger partial charge in [-0.1, -0.05) is 42.8 Å². The van der Waals surface area contributed by atoms with Crippen molar-refractivity contribution in [3.8, 4) is 11.5 Å². The number of aryl methyl sites for hydroxylation is 1. The van der Waals surface area contributed by atoms with Crippen molar-refractivity contribution >= 4 is 28.8 Å². The van der Waals surface area contributed by atoms with Gasteiger partial charge in [0.1, 0.15) is 13.2 Å². The van der Waals surface area contributed by atoms with E-state index in [1.807, 2.05) is 60.5 Å². The van der Waals surface area contributed by atoms with Crippen molar-refractivity contribution < 1.29 is 19.1 Å². The van der Waals surface area contributed by atoms with E-state index in [1.54, 1.807) is 29.5 Å². The minimum Gasteiger partial charge on any atom is -0.486 e. The number of benzene rings is 2. The van der Waals surface area contributed by atoms with Crippen molar-refractivity contribution in [1.82, 2.24) is 10.2 Å². The van der Waals surface area contributed by atoms with E-state index >= 15 is 0 Å². The fraction of sp³-hybridized carbons (Fsp3) is 0.308. The number of nitrogens with zero attached hydrogens (tertiary/aromatic N) is 1. The van der Waals surface area contributed by atoms with Crippen LogP contribution in [0.4, 0.5) is 5.69 Å². The summed E-state index contributed by atoms with van der Waals surface area (Å²) < 4.78 is 11.1. The summed E-state index contributed by atoms with van der Waals surface area (Å²) in [5.41, 5.74) is 2.83. The van der Waals surface area contributed by atoms with Crippen LogP contribution >= 0.6 is 11.3 Å². The van der Waals surface area contributed by atoms with Gasteiger partial charge in [-0.25, -0.2) is 0 Å². The smallest absolute Gasteiger partial charge is 0.238 e. The zero-order chi connectivity index (χ0) is 23.9. The molecular formula is C26H29N3O4S. The Hall–Kier alpha value is -3.36. The highest BCUT2D eigenvalue weighted by Gasteiger charge is 2.20.